The van der Waals surface area contributed by atoms with Gasteiger partial charge in [0.2, 0.25) is 10.0 Å². The van der Waals surface area contributed by atoms with E-state index in [0.29, 0.717) is 35.9 Å². The number of nitrogens with one attached hydrogen (secondary N) is 1. The number of hydrogen-bond donors (Lipinski definition) is 3. The van der Waals surface area contributed by atoms with Crippen molar-refractivity contribution in [3.8, 4) is 5.75 Å². The lowest BCUT2D eigenvalue weighted by molar-refractivity contribution is -0.130. The van der Waals surface area contributed by atoms with E-state index >= 15 is 4.79 Å². The maximum atomic E-state index is 15.3. The predicted octanol–water partition coefficient (Wildman–Crippen LogP) is 6.50. The molecule has 4 aromatic rings. The zero-order chi connectivity index (χ0) is 33.8. The van der Waals surface area contributed by atoms with Crippen LogP contribution in [-0.4, -0.2) is 36.9 Å². The third-order valence-electron chi connectivity index (χ3n) is 8.95. The monoisotopic (exact) mass is 738 g/mol. The van der Waals surface area contributed by atoms with Crippen LogP contribution in [0.1, 0.15) is 61.0 Å². The summed E-state index contributed by atoms with van der Waals surface area (Å²) in [6.45, 7) is 1.95. The summed E-state index contributed by atoms with van der Waals surface area (Å²) in [6, 6.07) is 25.1. The molecule has 3 aromatic carbocycles. The summed E-state index contributed by atoms with van der Waals surface area (Å²) in [4.78, 5) is 29.4. The van der Waals surface area contributed by atoms with E-state index in [1.165, 1.54) is 30.0 Å². The zero-order valence-corrected chi connectivity index (χ0v) is 29.5. The molecule has 1 heterocycles. The van der Waals surface area contributed by atoms with Gasteiger partial charge in [-0.1, -0.05) is 83.5 Å². The molecule has 8 nitrogen and oxygen atoms in total. The Bertz CT molecular complexity index is 1870. The minimum absolute atomic E-state index is 0.136. The Hall–Kier alpha value is -3.22. The number of Topliss-reactive ketones (excluding diaryl/α,β-unsaturated/α-hetero) is 1. The van der Waals surface area contributed by atoms with Gasteiger partial charge in [0.25, 0.3) is 0 Å². The normalized spacial score (nSPS) is 16.6. The van der Waals surface area contributed by atoms with Crippen molar-refractivity contribution in [1.82, 2.24) is 4.72 Å². The number of carbonyl (C=O) groups excluding carboxylic acids is 1. The lowest BCUT2D eigenvalue weighted by Gasteiger charge is -2.41. The topological polar surface area (TPSA) is 140 Å². The SMILES string of the molecule is CCC(Cc1ccccc1)c1cc(O)c(C(NS(=O)(=O)c2ccc(Br)cc2)(C(=O)[C@@](N)(CCSC)C2CC2)c2ccccc2)c(=O)o1. The number of halogens is 1. The molecule has 47 heavy (non-hydrogen) atoms. The Labute approximate surface area is 288 Å². The van der Waals surface area contributed by atoms with Crippen molar-refractivity contribution in [2.75, 3.05) is 12.0 Å². The highest BCUT2D eigenvalue weighted by Crippen LogP contribution is 2.47. The Morgan fingerprint density at radius 3 is 2.23 bits per heavy atom. The molecule has 1 aliphatic carbocycles. The first-order valence-electron chi connectivity index (χ1n) is 15.6. The van der Waals surface area contributed by atoms with Gasteiger partial charge in [-0.2, -0.15) is 16.5 Å². The molecule has 248 valence electrons. The number of sulfonamides is 1. The quantitative estimate of drug-likeness (QED) is 0.126. The third-order valence-corrected chi connectivity index (χ3v) is 11.6. The zero-order valence-electron chi connectivity index (χ0n) is 26.3. The average Bonchev–Trinajstić information content (AvgIpc) is 3.92. The minimum atomic E-state index is -4.51. The van der Waals surface area contributed by atoms with Crippen LogP contribution in [0.25, 0.3) is 0 Å². The van der Waals surface area contributed by atoms with Crippen LogP contribution in [0.3, 0.4) is 0 Å². The molecule has 0 amide bonds. The Kier molecular flexibility index (Phi) is 10.8. The van der Waals surface area contributed by atoms with Gasteiger partial charge in [0.1, 0.15) is 17.1 Å². The standard InChI is InChI=1S/C36H39BrN2O6S2/c1-3-25(22-24-10-6-4-7-11-24)31-23-30(40)32(33(41)45-31)36(27-12-8-5-9-13-27,34(42)35(38,20-21-46-2)26-14-15-26)39-47(43,44)29-18-16-28(37)17-19-29/h4-13,16-19,23,25-26,39-40H,3,14-15,20-22,38H2,1-2H3/t25?,35-,36?/m1/s1. The minimum Gasteiger partial charge on any atom is -0.507 e. The van der Waals surface area contributed by atoms with Crippen molar-refractivity contribution in [2.24, 2.45) is 11.7 Å². The molecule has 1 fully saturated rings. The smallest absolute Gasteiger partial charge is 0.345 e. The van der Waals surface area contributed by atoms with E-state index in [2.05, 4.69) is 20.7 Å². The molecule has 2 unspecified atom stereocenters. The molecule has 0 aliphatic heterocycles. The summed E-state index contributed by atoms with van der Waals surface area (Å²) in [5, 5.41) is 11.8. The molecule has 0 saturated heterocycles. The average molecular weight is 740 g/mol. The second-order valence-corrected chi connectivity index (χ2v) is 15.6. The van der Waals surface area contributed by atoms with Crippen molar-refractivity contribution in [3.05, 3.63) is 128 Å². The van der Waals surface area contributed by atoms with E-state index < -0.39 is 43.8 Å². The van der Waals surface area contributed by atoms with Crippen molar-refractivity contribution in [3.63, 3.8) is 0 Å². The van der Waals surface area contributed by atoms with Gasteiger partial charge >= 0.3 is 5.63 Å². The van der Waals surface area contributed by atoms with Gasteiger partial charge in [0, 0.05) is 16.5 Å². The van der Waals surface area contributed by atoms with Gasteiger partial charge in [-0.25, -0.2) is 13.2 Å². The number of benzene rings is 3. The lowest BCUT2D eigenvalue weighted by atomic mass is 9.70. The predicted molar refractivity (Wildman–Crippen MR) is 189 cm³/mol. The first-order valence-corrected chi connectivity index (χ1v) is 19.2. The summed E-state index contributed by atoms with van der Waals surface area (Å²) in [6.07, 6.45) is 4.64. The molecule has 0 spiro atoms. The van der Waals surface area contributed by atoms with E-state index in [9.17, 15) is 18.3 Å². The number of ketones is 1. The molecule has 1 aromatic heterocycles. The van der Waals surface area contributed by atoms with E-state index in [1.807, 2.05) is 43.5 Å². The maximum absolute atomic E-state index is 15.3. The Morgan fingerprint density at radius 2 is 1.68 bits per heavy atom. The van der Waals surface area contributed by atoms with Crippen LogP contribution in [-0.2, 0) is 26.8 Å². The summed E-state index contributed by atoms with van der Waals surface area (Å²) >= 11 is 4.85. The second-order valence-electron chi connectivity index (χ2n) is 12.1. The summed E-state index contributed by atoms with van der Waals surface area (Å²) in [7, 11) is -4.51. The number of carbonyl (C=O) groups is 1. The lowest BCUT2D eigenvalue weighted by Crippen LogP contribution is -2.65. The summed E-state index contributed by atoms with van der Waals surface area (Å²) in [5.41, 5.74) is 2.71. The van der Waals surface area contributed by atoms with Gasteiger partial charge in [-0.05, 0) is 85.4 Å². The number of nitrogens with two attached hydrogens (primary N) is 1. The first kappa shape index (κ1) is 35.1. The second kappa shape index (κ2) is 14.5. The maximum Gasteiger partial charge on any atom is 0.345 e. The van der Waals surface area contributed by atoms with Crippen molar-refractivity contribution >= 4 is 43.5 Å². The van der Waals surface area contributed by atoms with Crippen LogP contribution >= 0.6 is 27.7 Å². The highest BCUT2D eigenvalue weighted by molar-refractivity contribution is 9.10. The number of rotatable bonds is 15. The molecular formula is C36H39BrN2O6S2. The van der Waals surface area contributed by atoms with Crippen LogP contribution in [0.15, 0.2) is 110 Å². The fourth-order valence-corrected chi connectivity index (χ4v) is 8.35. The van der Waals surface area contributed by atoms with E-state index in [1.54, 1.807) is 42.5 Å². The fraction of sp³-hybridized carbons (Fsp3) is 0.333. The van der Waals surface area contributed by atoms with Gasteiger partial charge in [0.15, 0.2) is 11.3 Å². The first-order chi connectivity index (χ1) is 22.5. The summed E-state index contributed by atoms with van der Waals surface area (Å²) < 4.78 is 37.7. The highest BCUT2D eigenvalue weighted by Gasteiger charge is 2.59. The van der Waals surface area contributed by atoms with Gasteiger partial charge in [-0.3, -0.25) is 4.79 Å². The van der Waals surface area contributed by atoms with Gasteiger partial charge in [-0.15, -0.1) is 0 Å². The number of thioether (sulfide) groups is 1. The van der Waals surface area contributed by atoms with Crippen LogP contribution in [0.5, 0.6) is 5.75 Å². The largest absolute Gasteiger partial charge is 0.507 e. The Morgan fingerprint density at radius 1 is 1.06 bits per heavy atom. The molecule has 1 aliphatic rings. The third kappa shape index (κ3) is 7.29. The number of hydrogen-bond acceptors (Lipinski definition) is 8. The molecule has 0 radical (unpaired) electrons. The van der Waals surface area contributed by atoms with Gasteiger partial charge < -0.3 is 15.3 Å². The van der Waals surface area contributed by atoms with E-state index in [4.69, 9.17) is 10.2 Å². The Balaban J connectivity index is 1.77. The van der Waals surface area contributed by atoms with Crippen LogP contribution in [0.2, 0.25) is 0 Å². The molecule has 1 saturated carbocycles. The van der Waals surface area contributed by atoms with Crippen LogP contribution in [0.4, 0.5) is 0 Å². The molecule has 11 heteroatoms. The molecule has 5 rings (SSSR count). The molecule has 0 bridgehead atoms. The molecule has 4 N–H and O–H groups in total. The highest BCUT2D eigenvalue weighted by atomic mass is 79.9. The van der Waals surface area contributed by atoms with Crippen molar-refractivity contribution < 1.29 is 22.7 Å². The number of aromatic hydroxyl groups is 1. The molecular weight excluding hydrogens is 700 g/mol. The summed E-state index contributed by atoms with van der Waals surface area (Å²) in [5.74, 6) is -1.02. The van der Waals surface area contributed by atoms with Crippen LogP contribution in [0, 0.1) is 5.92 Å². The van der Waals surface area contributed by atoms with Crippen molar-refractivity contribution in [1.29, 1.82) is 0 Å². The van der Waals surface area contributed by atoms with Crippen molar-refractivity contribution in [2.45, 2.75) is 60.9 Å². The van der Waals surface area contributed by atoms with Crippen LogP contribution < -0.4 is 16.1 Å². The van der Waals surface area contributed by atoms with Gasteiger partial charge in [0.05, 0.1) is 10.4 Å². The molecule has 3 atom stereocenters. The fourth-order valence-electron chi connectivity index (χ4n) is 6.22. The van der Waals surface area contributed by atoms with E-state index in [-0.39, 0.29) is 34.5 Å². The van der Waals surface area contributed by atoms with E-state index in [0.717, 1.165) is 5.56 Å².